The predicted molar refractivity (Wildman–Crippen MR) is 372 cm³/mol. The highest BCUT2D eigenvalue weighted by Crippen LogP contribution is 2.45. The Bertz CT molecular complexity index is 1890. The maximum atomic E-state index is 13.0. The molecular weight excluding hydrogens is 1210 g/mol. The lowest BCUT2D eigenvalue weighted by molar-refractivity contribution is -0.161. The van der Waals surface area contributed by atoms with Crippen molar-refractivity contribution in [3.63, 3.8) is 0 Å². The third-order valence-electron chi connectivity index (χ3n) is 16.3. The van der Waals surface area contributed by atoms with Crippen molar-refractivity contribution in [3.05, 3.63) is 24.3 Å². The van der Waals surface area contributed by atoms with Crippen molar-refractivity contribution in [2.45, 2.75) is 362 Å². The van der Waals surface area contributed by atoms with E-state index in [1.807, 2.05) is 0 Å². The number of aliphatic hydroxyl groups excluding tert-OH is 1. The van der Waals surface area contributed by atoms with Gasteiger partial charge in [-0.1, -0.05) is 291 Å². The van der Waals surface area contributed by atoms with Crippen LogP contribution in [0.15, 0.2) is 24.3 Å². The standard InChI is InChI=1S/C73H138O17P2/c1-8-9-10-11-12-13-14-15-16-17-22-28-33-42-49-56-72(77)90-69(61-84-71(76)55-48-41-36-35-39-46-53-66(6)7)63-88-92(81,82)86-59-67(74)58-85-91(79,80)87-62-68(89-73(78)57-50-43-34-29-24-23-26-31-38-45-52-65(4)5)60-83-70(75)54-47-40-32-27-21-19-18-20-25-30-37-44-51-64(2)3/h13-16,64-69,74H,8-12,17-63H2,1-7H3,(H,79,80)(H,81,82)/b14-13-,16-15-/t67-,68-,69-/m1/s1. The number of allylic oxidation sites excluding steroid dienone is 4. The largest absolute Gasteiger partial charge is 0.472 e. The highest BCUT2D eigenvalue weighted by Gasteiger charge is 2.30. The molecule has 0 spiro atoms. The first-order valence-electron chi connectivity index (χ1n) is 37.2. The summed E-state index contributed by atoms with van der Waals surface area (Å²) in [5.41, 5.74) is 0. The van der Waals surface area contributed by atoms with E-state index >= 15 is 0 Å². The van der Waals surface area contributed by atoms with Crippen LogP contribution in [0.25, 0.3) is 0 Å². The summed E-state index contributed by atoms with van der Waals surface area (Å²) in [6, 6.07) is 0. The molecule has 542 valence electrons. The lowest BCUT2D eigenvalue weighted by Gasteiger charge is -2.21. The van der Waals surface area contributed by atoms with Gasteiger partial charge >= 0.3 is 39.5 Å². The van der Waals surface area contributed by atoms with E-state index < -0.39 is 97.5 Å². The van der Waals surface area contributed by atoms with Crippen molar-refractivity contribution in [2.24, 2.45) is 17.8 Å². The summed E-state index contributed by atoms with van der Waals surface area (Å²) in [4.78, 5) is 72.6. The molecule has 3 N–H and O–H groups in total. The van der Waals surface area contributed by atoms with Crippen LogP contribution in [-0.4, -0.2) is 96.7 Å². The zero-order valence-electron chi connectivity index (χ0n) is 59.5. The van der Waals surface area contributed by atoms with Crippen LogP contribution in [0.3, 0.4) is 0 Å². The number of unbranched alkanes of at least 4 members (excludes halogenated alkanes) is 34. The first-order chi connectivity index (χ1) is 44.2. The second-order valence-electron chi connectivity index (χ2n) is 27.1. The van der Waals surface area contributed by atoms with Gasteiger partial charge < -0.3 is 33.8 Å². The summed E-state index contributed by atoms with van der Waals surface area (Å²) in [7, 11) is -9.92. The third kappa shape index (κ3) is 66.2. The number of rotatable bonds is 69. The average Bonchev–Trinajstić information content (AvgIpc) is 3.13. The maximum Gasteiger partial charge on any atom is 0.472 e. The first kappa shape index (κ1) is 89.5. The Labute approximate surface area is 561 Å². The molecule has 17 nitrogen and oxygen atoms in total. The van der Waals surface area contributed by atoms with Crippen molar-refractivity contribution < 1.29 is 80.2 Å². The minimum Gasteiger partial charge on any atom is -0.462 e. The van der Waals surface area contributed by atoms with Gasteiger partial charge in [0, 0.05) is 25.7 Å². The van der Waals surface area contributed by atoms with E-state index in [4.69, 9.17) is 37.0 Å². The van der Waals surface area contributed by atoms with Crippen molar-refractivity contribution in [2.75, 3.05) is 39.6 Å². The monoisotopic (exact) mass is 1350 g/mol. The molecule has 0 aliphatic carbocycles. The quantitative estimate of drug-likeness (QED) is 0.0169. The molecule has 0 amide bonds. The molecule has 5 atom stereocenters. The number of hydrogen-bond acceptors (Lipinski definition) is 15. The zero-order valence-corrected chi connectivity index (χ0v) is 61.3. The van der Waals surface area contributed by atoms with E-state index in [1.165, 1.54) is 135 Å². The molecule has 0 heterocycles. The van der Waals surface area contributed by atoms with Crippen LogP contribution in [0.5, 0.6) is 0 Å². The first-order valence-corrected chi connectivity index (χ1v) is 40.2. The van der Waals surface area contributed by atoms with Gasteiger partial charge in [-0.15, -0.1) is 0 Å². The van der Waals surface area contributed by atoms with Gasteiger partial charge in [0.15, 0.2) is 12.2 Å². The van der Waals surface area contributed by atoms with Crippen LogP contribution < -0.4 is 0 Å². The summed E-state index contributed by atoms with van der Waals surface area (Å²) < 4.78 is 68.3. The SMILES string of the molecule is CCCCCC/C=C\C=C/CCCCCCCC(=O)O[C@H](COC(=O)CCCCCCCCC(C)C)COP(=O)(O)OC[C@H](O)COP(=O)(O)OC[C@@H](COC(=O)CCCCCCCCCCCCCCC(C)C)OC(=O)CCCCCCCCCCCCC(C)C. The van der Waals surface area contributed by atoms with Crippen molar-refractivity contribution in [1.82, 2.24) is 0 Å². The fraction of sp³-hybridized carbons (Fsp3) is 0.890. The Kier molecular flexibility index (Phi) is 61.6. The van der Waals surface area contributed by atoms with Crippen LogP contribution in [0, 0.1) is 17.8 Å². The number of hydrogen-bond donors (Lipinski definition) is 3. The molecule has 0 saturated carbocycles. The van der Waals surface area contributed by atoms with Gasteiger partial charge in [0.1, 0.15) is 19.3 Å². The molecule has 0 aliphatic rings. The van der Waals surface area contributed by atoms with Crippen molar-refractivity contribution in [1.29, 1.82) is 0 Å². The van der Waals surface area contributed by atoms with Crippen LogP contribution in [-0.2, 0) is 65.4 Å². The van der Waals surface area contributed by atoms with Crippen LogP contribution in [0.1, 0.15) is 344 Å². The molecule has 0 fully saturated rings. The normalized spacial score (nSPS) is 14.3. The number of esters is 4. The van der Waals surface area contributed by atoms with E-state index in [1.54, 1.807) is 0 Å². The lowest BCUT2D eigenvalue weighted by atomic mass is 10.0. The molecule has 0 aromatic carbocycles. The zero-order chi connectivity index (χ0) is 68.0. The molecule has 2 unspecified atom stereocenters. The number of carbonyl (C=O) groups excluding carboxylic acids is 4. The smallest absolute Gasteiger partial charge is 0.462 e. The molecule has 0 saturated heterocycles. The molecule has 0 aliphatic heterocycles. The van der Waals surface area contributed by atoms with Gasteiger partial charge in [-0.05, 0) is 69.1 Å². The van der Waals surface area contributed by atoms with Gasteiger partial charge in [0.05, 0.1) is 26.4 Å². The van der Waals surface area contributed by atoms with Crippen molar-refractivity contribution >= 4 is 39.5 Å². The minimum absolute atomic E-state index is 0.0836. The van der Waals surface area contributed by atoms with E-state index in [9.17, 15) is 43.2 Å². The third-order valence-corrected chi connectivity index (χ3v) is 18.2. The molecule has 0 rings (SSSR count). The number of aliphatic hydroxyl groups is 1. The van der Waals surface area contributed by atoms with Crippen LogP contribution >= 0.6 is 15.6 Å². The topological polar surface area (TPSA) is 237 Å². The van der Waals surface area contributed by atoms with Gasteiger partial charge in [0.2, 0.25) is 0 Å². The summed E-state index contributed by atoms with van der Waals surface area (Å²) in [5.74, 6) is 0.0519. The molecule has 0 radical (unpaired) electrons. The van der Waals surface area contributed by atoms with Gasteiger partial charge in [-0.2, -0.15) is 0 Å². The second kappa shape index (κ2) is 63.3. The fourth-order valence-electron chi connectivity index (χ4n) is 10.5. The average molecular weight is 1350 g/mol. The molecule has 19 heteroatoms. The predicted octanol–water partition coefficient (Wildman–Crippen LogP) is 20.6. The molecule has 0 aromatic rings. The minimum atomic E-state index is -4.96. The van der Waals surface area contributed by atoms with Crippen LogP contribution in [0.2, 0.25) is 0 Å². The van der Waals surface area contributed by atoms with E-state index in [0.29, 0.717) is 31.6 Å². The highest BCUT2D eigenvalue weighted by molar-refractivity contribution is 7.47. The van der Waals surface area contributed by atoms with E-state index in [2.05, 4.69) is 72.8 Å². The molecule has 92 heavy (non-hydrogen) atoms. The van der Waals surface area contributed by atoms with E-state index in [-0.39, 0.29) is 25.7 Å². The number of phosphoric acid groups is 2. The Morgan fingerprint density at radius 1 is 0.337 bits per heavy atom. The van der Waals surface area contributed by atoms with Gasteiger partial charge in [-0.25, -0.2) is 9.13 Å². The number of carbonyl (C=O) groups is 4. The Morgan fingerprint density at radius 3 is 0.880 bits per heavy atom. The summed E-state index contributed by atoms with van der Waals surface area (Å²) in [6.45, 7) is 11.7. The second-order valence-corrected chi connectivity index (χ2v) is 30.0. The Balaban J connectivity index is 5.27. The maximum absolute atomic E-state index is 13.0. The van der Waals surface area contributed by atoms with Crippen LogP contribution in [0.4, 0.5) is 0 Å². The number of ether oxygens (including phenoxy) is 4. The Morgan fingerprint density at radius 2 is 0.587 bits per heavy atom. The van der Waals surface area contributed by atoms with Gasteiger partial charge in [-0.3, -0.25) is 37.3 Å². The molecule has 0 bridgehead atoms. The van der Waals surface area contributed by atoms with Crippen molar-refractivity contribution in [3.8, 4) is 0 Å². The summed E-state index contributed by atoms with van der Waals surface area (Å²) in [6.07, 6.45) is 50.9. The Hall–Kier alpha value is -2.46. The molecular formula is C73H138O17P2. The summed E-state index contributed by atoms with van der Waals surface area (Å²) >= 11 is 0. The van der Waals surface area contributed by atoms with Gasteiger partial charge in [0.25, 0.3) is 0 Å². The molecule has 0 aromatic heterocycles. The fourth-order valence-corrected chi connectivity index (χ4v) is 12.1. The lowest BCUT2D eigenvalue weighted by Crippen LogP contribution is -2.30. The number of phosphoric ester groups is 2. The summed E-state index contributed by atoms with van der Waals surface area (Å²) in [5, 5.41) is 10.6. The van der Waals surface area contributed by atoms with E-state index in [0.717, 1.165) is 121 Å². The highest BCUT2D eigenvalue weighted by atomic mass is 31.2.